The lowest BCUT2D eigenvalue weighted by atomic mass is 9.92. The van der Waals surface area contributed by atoms with Gasteiger partial charge in [0.2, 0.25) is 0 Å². The van der Waals surface area contributed by atoms with E-state index >= 15 is 0 Å². The first-order chi connectivity index (χ1) is 12.2. The first kappa shape index (κ1) is 17.2. The maximum atomic E-state index is 12.8. The molecule has 2 saturated heterocycles. The molecule has 0 saturated carbocycles. The van der Waals surface area contributed by atoms with Crippen molar-refractivity contribution in [1.29, 1.82) is 0 Å². The Balaban J connectivity index is 1.38. The van der Waals surface area contributed by atoms with Gasteiger partial charge < -0.3 is 4.90 Å². The number of Topliss-reactive ketones (excluding diaryl/α,β-unsaturated/α-hetero) is 1. The highest BCUT2D eigenvalue weighted by Gasteiger charge is 2.28. The van der Waals surface area contributed by atoms with Crippen molar-refractivity contribution in [1.82, 2.24) is 9.88 Å². The number of nitrogens with zero attached hydrogens (tertiary/aromatic N) is 3. The van der Waals surface area contributed by atoms with Crippen molar-refractivity contribution in [2.24, 2.45) is 5.92 Å². The summed E-state index contributed by atoms with van der Waals surface area (Å²) in [7, 11) is 0. The molecule has 6 heteroatoms. The van der Waals surface area contributed by atoms with Crippen LogP contribution in [0, 0.1) is 12.8 Å². The van der Waals surface area contributed by atoms with Gasteiger partial charge in [0.25, 0.3) is 0 Å². The third-order valence-corrected chi connectivity index (χ3v) is 7.33. The van der Waals surface area contributed by atoms with Crippen LogP contribution in [0.3, 0.4) is 0 Å². The van der Waals surface area contributed by atoms with Gasteiger partial charge in [-0.1, -0.05) is 0 Å². The minimum atomic E-state index is 0.150. The van der Waals surface area contributed by atoms with Gasteiger partial charge in [0.1, 0.15) is 0 Å². The van der Waals surface area contributed by atoms with Gasteiger partial charge in [-0.05, 0) is 56.2 Å². The molecule has 0 aromatic carbocycles. The van der Waals surface area contributed by atoms with E-state index in [0.717, 1.165) is 56.0 Å². The highest BCUT2D eigenvalue weighted by Crippen LogP contribution is 2.29. The van der Waals surface area contributed by atoms with Gasteiger partial charge >= 0.3 is 0 Å². The van der Waals surface area contributed by atoms with Crippen LogP contribution in [0.25, 0.3) is 0 Å². The minimum Gasteiger partial charge on any atom is -0.348 e. The third kappa shape index (κ3) is 3.81. The number of aryl methyl sites for hydroxylation is 1. The van der Waals surface area contributed by atoms with Gasteiger partial charge in [-0.2, -0.15) is 0 Å². The highest BCUT2D eigenvalue weighted by molar-refractivity contribution is 7.15. The van der Waals surface area contributed by atoms with Crippen LogP contribution in [0.15, 0.2) is 17.6 Å². The fourth-order valence-electron chi connectivity index (χ4n) is 3.87. The number of ketones is 1. The molecule has 4 nitrogen and oxygen atoms in total. The second kappa shape index (κ2) is 7.56. The Labute approximate surface area is 157 Å². The van der Waals surface area contributed by atoms with Crippen LogP contribution < -0.4 is 4.90 Å². The molecule has 0 N–H and O–H groups in total. The SMILES string of the molecule is Cc1ccsc1C(=O)[C@H]1CCCN(Cc2cnc(N3CCCC3)s2)C1. The molecule has 1 atom stereocenters. The molecule has 0 aliphatic carbocycles. The molecule has 25 heavy (non-hydrogen) atoms. The first-order valence-corrected chi connectivity index (χ1v) is 10.9. The molecule has 0 unspecified atom stereocenters. The molecule has 2 aromatic heterocycles. The molecule has 0 amide bonds. The summed E-state index contributed by atoms with van der Waals surface area (Å²) in [6.07, 6.45) is 6.74. The van der Waals surface area contributed by atoms with Crippen molar-refractivity contribution in [3.05, 3.63) is 33.0 Å². The summed E-state index contributed by atoms with van der Waals surface area (Å²) in [6, 6.07) is 2.05. The fourth-order valence-corrected chi connectivity index (χ4v) is 5.82. The summed E-state index contributed by atoms with van der Waals surface area (Å²) < 4.78 is 0. The van der Waals surface area contributed by atoms with E-state index < -0.39 is 0 Å². The largest absolute Gasteiger partial charge is 0.348 e. The van der Waals surface area contributed by atoms with Crippen molar-refractivity contribution in [3.63, 3.8) is 0 Å². The van der Waals surface area contributed by atoms with Crippen LogP contribution in [0.5, 0.6) is 0 Å². The lowest BCUT2D eigenvalue weighted by Gasteiger charge is -2.31. The molecule has 2 aliphatic heterocycles. The summed E-state index contributed by atoms with van der Waals surface area (Å²) in [5.74, 6) is 0.497. The molecular weight excluding hydrogens is 350 g/mol. The number of hydrogen-bond donors (Lipinski definition) is 0. The third-order valence-electron chi connectivity index (χ3n) is 5.26. The van der Waals surface area contributed by atoms with Crippen molar-refractivity contribution in [3.8, 4) is 0 Å². The Morgan fingerprint density at radius 3 is 2.88 bits per heavy atom. The van der Waals surface area contributed by atoms with Crippen LogP contribution in [0.2, 0.25) is 0 Å². The quantitative estimate of drug-likeness (QED) is 0.734. The monoisotopic (exact) mass is 375 g/mol. The first-order valence-electron chi connectivity index (χ1n) is 9.21. The Hall–Kier alpha value is -1.24. The number of thiazole rings is 1. The summed E-state index contributed by atoms with van der Waals surface area (Å²) in [5.41, 5.74) is 1.13. The number of hydrogen-bond acceptors (Lipinski definition) is 6. The number of carbonyl (C=O) groups is 1. The fraction of sp³-hybridized carbons (Fsp3) is 0.579. The molecule has 0 bridgehead atoms. The van der Waals surface area contributed by atoms with Crippen molar-refractivity contribution in [2.45, 2.75) is 39.2 Å². The van der Waals surface area contributed by atoms with Gasteiger partial charge in [-0.25, -0.2) is 4.98 Å². The van der Waals surface area contributed by atoms with Crippen molar-refractivity contribution < 1.29 is 4.79 Å². The molecule has 2 fully saturated rings. The van der Waals surface area contributed by atoms with E-state index in [-0.39, 0.29) is 5.92 Å². The van der Waals surface area contributed by atoms with Crippen LogP contribution in [-0.4, -0.2) is 41.8 Å². The molecule has 2 aromatic rings. The van der Waals surface area contributed by atoms with E-state index in [1.54, 1.807) is 11.3 Å². The van der Waals surface area contributed by atoms with Gasteiger partial charge in [0.15, 0.2) is 10.9 Å². The van der Waals surface area contributed by atoms with Gasteiger partial charge in [0.05, 0.1) is 4.88 Å². The lowest BCUT2D eigenvalue weighted by Crippen LogP contribution is -2.38. The van der Waals surface area contributed by atoms with Gasteiger partial charge in [-0.15, -0.1) is 22.7 Å². The van der Waals surface area contributed by atoms with Crippen LogP contribution >= 0.6 is 22.7 Å². The Kier molecular flexibility index (Phi) is 5.20. The molecule has 134 valence electrons. The van der Waals surface area contributed by atoms with E-state index in [4.69, 9.17) is 0 Å². The van der Waals surface area contributed by atoms with Crippen LogP contribution in [0.1, 0.15) is 45.8 Å². The number of piperidine rings is 1. The zero-order valence-electron chi connectivity index (χ0n) is 14.7. The molecule has 2 aliphatic rings. The van der Waals surface area contributed by atoms with Crippen LogP contribution in [-0.2, 0) is 6.54 Å². The number of aromatic nitrogens is 1. The van der Waals surface area contributed by atoms with E-state index in [0.29, 0.717) is 5.78 Å². The number of rotatable bonds is 5. The second-order valence-corrected chi connectivity index (χ2v) is 9.18. The van der Waals surface area contributed by atoms with Crippen molar-refractivity contribution >= 4 is 33.6 Å². The smallest absolute Gasteiger partial charge is 0.185 e. The molecule has 0 radical (unpaired) electrons. The number of likely N-dealkylation sites (tertiary alicyclic amines) is 1. The topological polar surface area (TPSA) is 36.4 Å². The number of anilines is 1. The summed E-state index contributed by atoms with van der Waals surface area (Å²) in [6.45, 7) is 7.23. The lowest BCUT2D eigenvalue weighted by molar-refractivity contribution is 0.0816. The predicted octanol–water partition coefficient (Wildman–Crippen LogP) is 4.21. The van der Waals surface area contributed by atoms with Gasteiger partial charge in [0, 0.05) is 43.2 Å². The number of thiophene rings is 1. The summed E-state index contributed by atoms with van der Waals surface area (Å²) >= 11 is 3.42. The highest BCUT2D eigenvalue weighted by atomic mass is 32.1. The zero-order chi connectivity index (χ0) is 17.2. The molecule has 4 rings (SSSR count). The maximum absolute atomic E-state index is 12.8. The average molecular weight is 376 g/mol. The Morgan fingerprint density at radius 2 is 2.12 bits per heavy atom. The Morgan fingerprint density at radius 1 is 1.28 bits per heavy atom. The standard InChI is InChI=1S/C19H25N3OS2/c1-14-6-10-24-18(14)17(23)15-5-4-7-21(12-15)13-16-11-20-19(25-16)22-8-2-3-9-22/h6,10-11,15H,2-5,7-9,12-13H2,1H3/t15-/m0/s1. The van der Waals surface area contributed by atoms with E-state index in [1.807, 2.05) is 29.8 Å². The zero-order valence-corrected chi connectivity index (χ0v) is 16.4. The predicted molar refractivity (Wildman–Crippen MR) is 105 cm³/mol. The molecule has 0 spiro atoms. The number of carbonyl (C=O) groups excluding carboxylic acids is 1. The second-order valence-electron chi connectivity index (χ2n) is 7.17. The molecule has 4 heterocycles. The normalized spacial score (nSPS) is 21.8. The van der Waals surface area contributed by atoms with Crippen molar-refractivity contribution in [2.75, 3.05) is 31.1 Å². The van der Waals surface area contributed by atoms with Gasteiger partial charge in [-0.3, -0.25) is 9.69 Å². The van der Waals surface area contributed by atoms with E-state index in [9.17, 15) is 4.79 Å². The van der Waals surface area contributed by atoms with E-state index in [1.165, 1.54) is 22.9 Å². The minimum absolute atomic E-state index is 0.150. The Bertz CT molecular complexity index is 733. The molecular formula is C19H25N3OS2. The summed E-state index contributed by atoms with van der Waals surface area (Å²) in [4.78, 5) is 24.6. The van der Waals surface area contributed by atoms with Crippen LogP contribution in [0.4, 0.5) is 5.13 Å². The summed E-state index contributed by atoms with van der Waals surface area (Å²) in [5, 5.41) is 3.20. The average Bonchev–Trinajstić information content (AvgIpc) is 3.35. The maximum Gasteiger partial charge on any atom is 0.185 e. The van der Waals surface area contributed by atoms with E-state index in [2.05, 4.69) is 20.9 Å².